The van der Waals surface area contributed by atoms with Crippen LogP contribution >= 0.6 is 15.9 Å². The Labute approximate surface area is 118 Å². The molecule has 7 heteroatoms. The highest BCUT2D eigenvalue weighted by molar-refractivity contribution is 9.10. The number of benzene rings is 1. The van der Waals surface area contributed by atoms with Crippen LogP contribution in [0.2, 0.25) is 0 Å². The molecule has 1 unspecified atom stereocenters. The summed E-state index contributed by atoms with van der Waals surface area (Å²) in [6, 6.07) is 3.77. The highest BCUT2D eigenvalue weighted by atomic mass is 79.9. The Kier molecular flexibility index (Phi) is 5.75. The smallest absolute Gasteiger partial charge is 0.251 e. The van der Waals surface area contributed by atoms with E-state index in [-0.39, 0.29) is 28.7 Å². The lowest BCUT2D eigenvalue weighted by Crippen LogP contribution is -2.37. The SMILES string of the molecule is CCC(C/C(N)=N/O)NC(=O)c1ccc(F)c(Br)c1. The monoisotopic (exact) mass is 331 g/mol. The van der Waals surface area contributed by atoms with Crippen molar-refractivity contribution in [2.24, 2.45) is 10.9 Å². The molecule has 0 saturated heterocycles. The van der Waals surface area contributed by atoms with Crippen LogP contribution in [0.4, 0.5) is 4.39 Å². The Hall–Kier alpha value is -1.63. The van der Waals surface area contributed by atoms with Crippen LogP contribution in [0.1, 0.15) is 30.1 Å². The highest BCUT2D eigenvalue weighted by Gasteiger charge is 2.14. The summed E-state index contributed by atoms with van der Waals surface area (Å²) >= 11 is 3.02. The average Bonchev–Trinajstić information content (AvgIpc) is 2.40. The Bertz CT molecular complexity index is 494. The lowest BCUT2D eigenvalue weighted by molar-refractivity contribution is 0.0937. The standard InChI is InChI=1S/C12H15BrFN3O2/c1-2-8(6-11(15)17-19)16-12(18)7-3-4-10(14)9(13)5-7/h3-5,8,19H,2,6H2,1H3,(H2,15,17)(H,16,18). The van der Waals surface area contributed by atoms with Gasteiger partial charge in [-0.1, -0.05) is 12.1 Å². The molecule has 0 aliphatic carbocycles. The van der Waals surface area contributed by atoms with Gasteiger partial charge >= 0.3 is 0 Å². The number of nitrogens with zero attached hydrogens (tertiary/aromatic N) is 1. The second kappa shape index (κ2) is 7.08. The van der Waals surface area contributed by atoms with Crippen molar-refractivity contribution in [3.05, 3.63) is 34.1 Å². The predicted molar refractivity (Wildman–Crippen MR) is 73.7 cm³/mol. The summed E-state index contributed by atoms with van der Waals surface area (Å²) in [7, 11) is 0. The van der Waals surface area contributed by atoms with Crippen LogP contribution < -0.4 is 11.1 Å². The van der Waals surface area contributed by atoms with Gasteiger partial charge in [0, 0.05) is 18.0 Å². The molecular weight excluding hydrogens is 317 g/mol. The van der Waals surface area contributed by atoms with Crippen LogP contribution in [0, 0.1) is 5.82 Å². The zero-order chi connectivity index (χ0) is 14.4. The van der Waals surface area contributed by atoms with E-state index in [4.69, 9.17) is 10.9 Å². The topological polar surface area (TPSA) is 87.7 Å². The van der Waals surface area contributed by atoms with E-state index in [1.807, 2.05) is 6.92 Å². The van der Waals surface area contributed by atoms with E-state index in [1.165, 1.54) is 18.2 Å². The zero-order valence-electron chi connectivity index (χ0n) is 10.4. The molecular formula is C12H15BrFN3O2. The summed E-state index contributed by atoms with van der Waals surface area (Å²) in [4.78, 5) is 11.9. The number of hydrogen-bond acceptors (Lipinski definition) is 3. The molecule has 1 atom stereocenters. The molecule has 0 aromatic heterocycles. The van der Waals surface area contributed by atoms with E-state index >= 15 is 0 Å². The molecule has 0 bridgehead atoms. The van der Waals surface area contributed by atoms with Gasteiger partial charge in [-0.05, 0) is 40.5 Å². The molecule has 0 aliphatic rings. The zero-order valence-corrected chi connectivity index (χ0v) is 11.9. The molecule has 1 amide bonds. The van der Waals surface area contributed by atoms with Crippen molar-refractivity contribution in [1.29, 1.82) is 0 Å². The second-order valence-electron chi connectivity index (χ2n) is 4.00. The Morgan fingerprint density at radius 1 is 1.63 bits per heavy atom. The normalized spacial score (nSPS) is 13.1. The largest absolute Gasteiger partial charge is 0.409 e. The van der Waals surface area contributed by atoms with E-state index in [0.717, 1.165) is 0 Å². The summed E-state index contributed by atoms with van der Waals surface area (Å²) in [5, 5.41) is 14.1. The van der Waals surface area contributed by atoms with Gasteiger partial charge in [-0.2, -0.15) is 0 Å². The molecule has 1 rings (SSSR count). The maximum absolute atomic E-state index is 13.1. The van der Waals surface area contributed by atoms with Gasteiger partial charge in [0.15, 0.2) is 0 Å². The van der Waals surface area contributed by atoms with Gasteiger partial charge in [-0.3, -0.25) is 4.79 Å². The lowest BCUT2D eigenvalue weighted by Gasteiger charge is -2.16. The first-order chi connectivity index (χ1) is 8.97. The van der Waals surface area contributed by atoms with Crippen molar-refractivity contribution in [3.8, 4) is 0 Å². The van der Waals surface area contributed by atoms with Gasteiger partial charge in [0.2, 0.25) is 0 Å². The van der Waals surface area contributed by atoms with Crippen LogP contribution in [-0.2, 0) is 0 Å². The molecule has 1 aromatic rings. The van der Waals surface area contributed by atoms with E-state index in [1.54, 1.807) is 0 Å². The number of hydrogen-bond donors (Lipinski definition) is 3. The number of oxime groups is 1. The third-order valence-electron chi connectivity index (χ3n) is 2.59. The van der Waals surface area contributed by atoms with E-state index < -0.39 is 5.82 Å². The first-order valence-electron chi connectivity index (χ1n) is 5.70. The minimum absolute atomic E-state index is 0.0486. The maximum atomic E-state index is 13.1. The molecule has 0 radical (unpaired) electrons. The van der Waals surface area contributed by atoms with Gasteiger partial charge in [0.25, 0.3) is 5.91 Å². The van der Waals surface area contributed by atoms with Crippen LogP contribution in [0.5, 0.6) is 0 Å². The quantitative estimate of drug-likeness (QED) is 0.334. The Morgan fingerprint density at radius 2 is 2.32 bits per heavy atom. The molecule has 19 heavy (non-hydrogen) atoms. The first-order valence-corrected chi connectivity index (χ1v) is 6.49. The number of nitrogens with one attached hydrogen (secondary N) is 1. The molecule has 0 saturated carbocycles. The molecule has 4 N–H and O–H groups in total. The molecule has 0 fully saturated rings. The van der Waals surface area contributed by atoms with Gasteiger partial charge in [-0.25, -0.2) is 4.39 Å². The molecule has 1 aromatic carbocycles. The minimum Gasteiger partial charge on any atom is -0.409 e. The van der Waals surface area contributed by atoms with Crippen molar-refractivity contribution in [3.63, 3.8) is 0 Å². The van der Waals surface area contributed by atoms with E-state index in [9.17, 15) is 9.18 Å². The molecule has 104 valence electrons. The van der Waals surface area contributed by atoms with Gasteiger partial charge in [0.05, 0.1) is 4.47 Å². The number of carbonyl (C=O) groups excluding carboxylic acids is 1. The summed E-state index contributed by atoms with van der Waals surface area (Å²) < 4.78 is 13.3. The maximum Gasteiger partial charge on any atom is 0.251 e. The molecule has 0 heterocycles. The number of nitrogens with two attached hydrogens (primary N) is 1. The summed E-state index contributed by atoms with van der Waals surface area (Å²) in [6.07, 6.45) is 0.880. The Morgan fingerprint density at radius 3 is 2.84 bits per heavy atom. The number of amidine groups is 1. The predicted octanol–water partition coefficient (Wildman–Crippen LogP) is 2.23. The summed E-state index contributed by atoms with van der Waals surface area (Å²) in [5.41, 5.74) is 5.74. The number of carbonyl (C=O) groups is 1. The van der Waals surface area contributed by atoms with Crippen LogP contribution in [0.15, 0.2) is 27.8 Å². The fraction of sp³-hybridized carbons (Fsp3) is 0.333. The van der Waals surface area contributed by atoms with Crippen LogP contribution in [0.3, 0.4) is 0 Å². The summed E-state index contributed by atoms with van der Waals surface area (Å²) in [6.45, 7) is 1.87. The van der Waals surface area contributed by atoms with Crippen molar-refractivity contribution in [2.75, 3.05) is 0 Å². The van der Waals surface area contributed by atoms with Gasteiger partial charge in [0.1, 0.15) is 11.7 Å². The summed E-state index contributed by atoms with van der Waals surface area (Å²) in [5.74, 6) is -0.717. The molecule has 0 aliphatic heterocycles. The fourth-order valence-corrected chi connectivity index (χ4v) is 1.88. The van der Waals surface area contributed by atoms with E-state index in [2.05, 4.69) is 26.4 Å². The first kappa shape index (κ1) is 15.4. The van der Waals surface area contributed by atoms with E-state index in [0.29, 0.717) is 12.0 Å². The molecule has 5 nitrogen and oxygen atoms in total. The number of halogens is 2. The van der Waals surface area contributed by atoms with Crippen LogP contribution in [0.25, 0.3) is 0 Å². The van der Waals surface area contributed by atoms with Crippen LogP contribution in [-0.4, -0.2) is 23.0 Å². The van der Waals surface area contributed by atoms with Crippen molar-refractivity contribution >= 4 is 27.7 Å². The lowest BCUT2D eigenvalue weighted by atomic mass is 10.1. The number of amides is 1. The highest BCUT2D eigenvalue weighted by Crippen LogP contribution is 2.17. The van der Waals surface area contributed by atoms with Gasteiger partial charge < -0.3 is 16.3 Å². The third-order valence-corrected chi connectivity index (χ3v) is 3.20. The van der Waals surface area contributed by atoms with Crippen molar-refractivity contribution in [2.45, 2.75) is 25.8 Å². The second-order valence-corrected chi connectivity index (χ2v) is 4.86. The third kappa shape index (κ3) is 4.51. The molecule has 0 spiro atoms. The average molecular weight is 332 g/mol. The van der Waals surface area contributed by atoms with Gasteiger partial charge in [-0.15, -0.1) is 0 Å². The Balaban J connectivity index is 2.74. The minimum atomic E-state index is -0.430. The number of rotatable bonds is 5. The van der Waals surface area contributed by atoms with Crippen molar-refractivity contribution < 1.29 is 14.4 Å². The fourth-order valence-electron chi connectivity index (χ4n) is 1.50. The van der Waals surface area contributed by atoms with Crippen molar-refractivity contribution in [1.82, 2.24) is 5.32 Å².